The van der Waals surface area contributed by atoms with E-state index in [9.17, 15) is 4.79 Å². The number of rotatable bonds is 6. The SMILES string of the molecule is COc1ccc2oc(CN3CCC[C@H](N(C)CC(=O)O)CC3)cc2c1. The van der Waals surface area contributed by atoms with Gasteiger partial charge in [0.15, 0.2) is 0 Å². The number of benzene rings is 1. The summed E-state index contributed by atoms with van der Waals surface area (Å²) in [4.78, 5) is 15.3. The average molecular weight is 346 g/mol. The fourth-order valence-electron chi connectivity index (χ4n) is 3.58. The molecule has 1 fully saturated rings. The fraction of sp³-hybridized carbons (Fsp3) is 0.526. The summed E-state index contributed by atoms with van der Waals surface area (Å²) in [6.07, 6.45) is 3.10. The van der Waals surface area contributed by atoms with Crippen LogP contribution in [0.1, 0.15) is 25.0 Å². The summed E-state index contributed by atoms with van der Waals surface area (Å²) < 4.78 is 11.2. The van der Waals surface area contributed by atoms with Crippen LogP contribution in [0.4, 0.5) is 0 Å². The predicted molar refractivity (Wildman–Crippen MR) is 95.9 cm³/mol. The minimum Gasteiger partial charge on any atom is -0.497 e. The van der Waals surface area contributed by atoms with Gasteiger partial charge in [-0.15, -0.1) is 0 Å². The zero-order valence-electron chi connectivity index (χ0n) is 14.9. The topological polar surface area (TPSA) is 66.2 Å². The van der Waals surface area contributed by atoms with Gasteiger partial charge in [0.1, 0.15) is 17.1 Å². The molecule has 25 heavy (non-hydrogen) atoms. The summed E-state index contributed by atoms with van der Waals surface area (Å²) in [6.45, 7) is 2.86. The molecule has 1 aromatic heterocycles. The first-order valence-corrected chi connectivity index (χ1v) is 8.76. The highest BCUT2D eigenvalue weighted by Crippen LogP contribution is 2.25. The maximum atomic E-state index is 10.9. The summed E-state index contributed by atoms with van der Waals surface area (Å²) in [5, 5.41) is 10.0. The molecule has 1 aliphatic heterocycles. The molecule has 6 nitrogen and oxygen atoms in total. The van der Waals surface area contributed by atoms with Crippen molar-refractivity contribution in [2.75, 3.05) is 33.8 Å². The molecule has 0 saturated carbocycles. The Morgan fingerprint density at radius 2 is 2.20 bits per heavy atom. The normalized spacial score (nSPS) is 19.2. The lowest BCUT2D eigenvalue weighted by Gasteiger charge is -2.25. The highest BCUT2D eigenvalue weighted by Gasteiger charge is 2.22. The van der Waals surface area contributed by atoms with Gasteiger partial charge >= 0.3 is 5.97 Å². The maximum Gasteiger partial charge on any atom is 0.317 e. The van der Waals surface area contributed by atoms with Crippen LogP contribution >= 0.6 is 0 Å². The fourth-order valence-corrected chi connectivity index (χ4v) is 3.58. The third kappa shape index (κ3) is 4.52. The summed E-state index contributed by atoms with van der Waals surface area (Å²) >= 11 is 0. The average Bonchev–Trinajstić information content (AvgIpc) is 2.82. The molecule has 0 bridgehead atoms. The third-order valence-electron chi connectivity index (χ3n) is 4.95. The van der Waals surface area contributed by atoms with Crippen molar-refractivity contribution in [2.45, 2.75) is 31.8 Å². The summed E-state index contributed by atoms with van der Waals surface area (Å²) in [5.41, 5.74) is 0.879. The predicted octanol–water partition coefficient (Wildman–Crippen LogP) is 2.81. The number of fused-ring (bicyclic) bond motifs is 1. The van der Waals surface area contributed by atoms with Gasteiger partial charge in [0.05, 0.1) is 20.2 Å². The van der Waals surface area contributed by atoms with E-state index < -0.39 is 5.97 Å². The maximum absolute atomic E-state index is 10.9. The van der Waals surface area contributed by atoms with Gasteiger partial charge < -0.3 is 14.3 Å². The number of nitrogens with zero attached hydrogens (tertiary/aromatic N) is 2. The second kappa shape index (κ2) is 7.89. The quantitative estimate of drug-likeness (QED) is 0.868. The van der Waals surface area contributed by atoms with E-state index in [0.29, 0.717) is 6.04 Å². The Hall–Kier alpha value is -2.05. The van der Waals surface area contributed by atoms with Crippen molar-refractivity contribution in [3.8, 4) is 5.75 Å². The molecule has 0 radical (unpaired) electrons. The molecule has 0 spiro atoms. The number of carboxylic acids is 1. The molecule has 0 aliphatic carbocycles. The minimum absolute atomic E-state index is 0.107. The van der Waals surface area contributed by atoms with Crippen LogP contribution in [0.15, 0.2) is 28.7 Å². The molecule has 1 aromatic carbocycles. The monoisotopic (exact) mass is 346 g/mol. The first-order valence-electron chi connectivity index (χ1n) is 8.76. The molecule has 136 valence electrons. The van der Waals surface area contributed by atoms with E-state index in [1.165, 1.54) is 0 Å². The van der Waals surface area contributed by atoms with Gasteiger partial charge in [0, 0.05) is 18.0 Å². The molecule has 2 heterocycles. The minimum atomic E-state index is -0.763. The molecule has 0 unspecified atom stereocenters. The number of furan rings is 1. The van der Waals surface area contributed by atoms with Crippen molar-refractivity contribution in [2.24, 2.45) is 0 Å². The van der Waals surface area contributed by atoms with Crippen LogP contribution in [0.2, 0.25) is 0 Å². The van der Waals surface area contributed by atoms with E-state index in [4.69, 9.17) is 14.3 Å². The largest absolute Gasteiger partial charge is 0.497 e. The van der Waals surface area contributed by atoms with E-state index >= 15 is 0 Å². The highest BCUT2D eigenvalue weighted by molar-refractivity contribution is 5.79. The zero-order valence-corrected chi connectivity index (χ0v) is 14.9. The highest BCUT2D eigenvalue weighted by atomic mass is 16.5. The molecular formula is C19H26N2O4. The lowest BCUT2D eigenvalue weighted by molar-refractivity contribution is -0.138. The molecule has 1 aliphatic rings. The zero-order chi connectivity index (χ0) is 17.8. The Labute approximate surface area is 148 Å². The third-order valence-corrected chi connectivity index (χ3v) is 4.95. The molecule has 3 rings (SSSR count). The van der Waals surface area contributed by atoms with Gasteiger partial charge in [-0.05, 0) is 57.1 Å². The van der Waals surface area contributed by atoms with E-state index in [0.717, 1.165) is 61.4 Å². The summed E-state index contributed by atoms with van der Waals surface area (Å²) in [7, 11) is 3.57. The number of hydrogen-bond donors (Lipinski definition) is 1. The molecule has 1 N–H and O–H groups in total. The standard InChI is InChI=1S/C19H26N2O4/c1-20(13-19(22)23)15-4-3-8-21(9-7-15)12-17-11-14-10-16(24-2)5-6-18(14)25-17/h5-6,10-11,15H,3-4,7-9,12-13H2,1-2H3,(H,22,23)/t15-/m0/s1. The van der Waals surface area contributed by atoms with Gasteiger partial charge in [0.25, 0.3) is 0 Å². The van der Waals surface area contributed by atoms with Crippen LogP contribution in [0.5, 0.6) is 5.75 Å². The van der Waals surface area contributed by atoms with Crippen molar-refractivity contribution in [3.05, 3.63) is 30.0 Å². The Balaban J connectivity index is 1.61. The number of carbonyl (C=O) groups is 1. The molecular weight excluding hydrogens is 320 g/mol. The number of carboxylic acid groups (broad SMARTS) is 1. The number of likely N-dealkylation sites (N-methyl/N-ethyl adjacent to an activating group) is 1. The van der Waals surface area contributed by atoms with Crippen LogP contribution in [0, 0.1) is 0 Å². The van der Waals surface area contributed by atoms with Gasteiger partial charge in [-0.25, -0.2) is 0 Å². The molecule has 2 aromatic rings. The van der Waals surface area contributed by atoms with Gasteiger partial charge in [-0.1, -0.05) is 0 Å². The Bertz CT molecular complexity index is 727. The van der Waals surface area contributed by atoms with Gasteiger partial charge in [-0.2, -0.15) is 0 Å². The van der Waals surface area contributed by atoms with Gasteiger partial charge in [-0.3, -0.25) is 14.6 Å². The smallest absolute Gasteiger partial charge is 0.317 e. The molecule has 1 saturated heterocycles. The van der Waals surface area contributed by atoms with Crippen LogP contribution in [-0.4, -0.2) is 60.7 Å². The first-order chi connectivity index (χ1) is 12.0. The van der Waals surface area contributed by atoms with Gasteiger partial charge in [0.2, 0.25) is 0 Å². The van der Waals surface area contributed by atoms with Crippen LogP contribution in [-0.2, 0) is 11.3 Å². The summed E-state index contributed by atoms with van der Waals surface area (Å²) in [6, 6.07) is 8.25. The van der Waals surface area contributed by atoms with E-state index in [1.54, 1.807) is 7.11 Å². The van der Waals surface area contributed by atoms with Crippen molar-refractivity contribution in [1.29, 1.82) is 0 Å². The summed E-state index contributed by atoms with van der Waals surface area (Å²) in [5.74, 6) is 1.03. The van der Waals surface area contributed by atoms with Crippen molar-refractivity contribution in [1.82, 2.24) is 9.80 Å². The Morgan fingerprint density at radius 3 is 2.96 bits per heavy atom. The number of methoxy groups -OCH3 is 1. The number of hydrogen-bond acceptors (Lipinski definition) is 5. The van der Waals surface area contributed by atoms with E-state index in [1.807, 2.05) is 30.1 Å². The number of likely N-dealkylation sites (tertiary alicyclic amines) is 1. The van der Waals surface area contributed by atoms with Crippen molar-refractivity contribution >= 4 is 16.9 Å². The number of ether oxygens (including phenoxy) is 1. The second-order valence-corrected chi connectivity index (χ2v) is 6.79. The van der Waals surface area contributed by atoms with E-state index in [-0.39, 0.29) is 6.54 Å². The first kappa shape index (κ1) is 17.8. The Kier molecular flexibility index (Phi) is 5.60. The molecule has 6 heteroatoms. The van der Waals surface area contributed by atoms with Crippen molar-refractivity contribution < 1.29 is 19.1 Å². The second-order valence-electron chi connectivity index (χ2n) is 6.79. The number of aliphatic carboxylic acids is 1. The molecule has 0 amide bonds. The van der Waals surface area contributed by atoms with Crippen molar-refractivity contribution in [3.63, 3.8) is 0 Å². The lowest BCUT2D eigenvalue weighted by Crippen LogP contribution is -2.36. The van der Waals surface area contributed by atoms with E-state index in [2.05, 4.69) is 11.0 Å². The van der Waals surface area contributed by atoms with Crippen LogP contribution in [0.25, 0.3) is 11.0 Å². The Morgan fingerprint density at radius 1 is 1.36 bits per heavy atom. The van der Waals surface area contributed by atoms with Crippen LogP contribution in [0.3, 0.4) is 0 Å². The van der Waals surface area contributed by atoms with Crippen LogP contribution < -0.4 is 4.74 Å². The lowest BCUT2D eigenvalue weighted by atomic mass is 10.1. The molecule has 1 atom stereocenters.